The number of furan rings is 1. The van der Waals surface area contributed by atoms with Crippen LogP contribution in [-0.2, 0) is 6.54 Å². The van der Waals surface area contributed by atoms with Crippen LogP contribution in [0.25, 0.3) is 16.6 Å². The largest absolute Gasteiger partial charge is 0.467 e. The zero-order chi connectivity index (χ0) is 25.9. The Labute approximate surface area is 221 Å². The van der Waals surface area contributed by atoms with E-state index < -0.39 is 17.8 Å². The van der Waals surface area contributed by atoms with Crippen LogP contribution in [0.5, 0.6) is 0 Å². The maximum Gasteiger partial charge on any atom is 0.266 e. The Hall–Kier alpha value is -4.04. The van der Waals surface area contributed by atoms with Gasteiger partial charge in [0, 0.05) is 10.0 Å². The van der Waals surface area contributed by atoms with Gasteiger partial charge in [-0.05, 0) is 73.2 Å². The van der Waals surface area contributed by atoms with E-state index >= 15 is 0 Å². The molecule has 0 aliphatic rings. The molecule has 0 aliphatic heterocycles. The Kier molecular flexibility index (Phi) is 7.01. The molecule has 0 spiro atoms. The van der Waals surface area contributed by atoms with E-state index in [1.165, 1.54) is 24.5 Å². The normalized spacial score (nSPS) is 12.0. The number of rotatable bonds is 7. The van der Waals surface area contributed by atoms with Crippen LogP contribution in [0.2, 0.25) is 0 Å². The van der Waals surface area contributed by atoms with Gasteiger partial charge in [-0.3, -0.25) is 14.2 Å². The summed E-state index contributed by atoms with van der Waals surface area (Å²) in [5.41, 5.74) is 1.11. The molecule has 186 valence electrons. The molecular weight excluding hydrogens is 537 g/mol. The molecule has 37 heavy (non-hydrogen) atoms. The van der Waals surface area contributed by atoms with E-state index in [-0.39, 0.29) is 17.7 Å². The third-order valence-corrected chi connectivity index (χ3v) is 6.71. The molecule has 0 saturated carbocycles. The Morgan fingerprint density at radius 3 is 2.54 bits per heavy atom. The van der Waals surface area contributed by atoms with Crippen molar-refractivity contribution < 1.29 is 13.6 Å². The molecule has 0 bridgehead atoms. The van der Waals surface area contributed by atoms with Crippen molar-refractivity contribution in [3.63, 3.8) is 0 Å². The van der Waals surface area contributed by atoms with Crippen LogP contribution < -0.4 is 5.56 Å². The van der Waals surface area contributed by atoms with Crippen LogP contribution in [-0.4, -0.2) is 20.4 Å². The van der Waals surface area contributed by atoms with E-state index in [4.69, 9.17) is 9.40 Å². The van der Waals surface area contributed by atoms with Gasteiger partial charge >= 0.3 is 0 Å². The van der Waals surface area contributed by atoms with Crippen molar-refractivity contribution in [1.82, 2.24) is 14.5 Å². The predicted molar refractivity (Wildman–Crippen MR) is 143 cm³/mol. The zero-order valence-corrected chi connectivity index (χ0v) is 21.6. The molecule has 2 aromatic heterocycles. The van der Waals surface area contributed by atoms with Crippen molar-refractivity contribution in [1.29, 1.82) is 0 Å². The van der Waals surface area contributed by atoms with E-state index in [0.717, 1.165) is 4.47 Å². The van der Waals surface area contributed by atoms with E-state index in [2.05, 4.69) is 15.9 Å². The van der Waals surface area contributed by atoms with Gasteiger partial charge in [0.2, 0.25) is 0 Å². The first-order valence-corrected chi connectivity index (χ1v) is 12.6. The minimum atomic E-state index is -0.623. The highest BCUT2D eigenvalue weighted by Gasteiger charge is 2.30. The van der Waals surface area contributed by atoms with Crippen molar-refractivity contribution in [2.24, 2.45) is 0 Å². The molecule has 8 heteroatoms. The number of nitrogens with zero attached hydrogens (tertiary/aromatic N) is 3. The summed E-state index contributed by atoms with van der Waals surface area (Å²) in [4.78, 5) is 34.1. The van der Waals surface area contributed by atoms with Crippen molar-refractivity contribution in [3.8, 4) is 5.69 Å². The Morgan fingerprint density at radius 1 is 1.05 bits per heavy atom. The van der Waals surface area contributed by atoms with Crippen molar-refractivity contribution in [2.45, 2.75) is 25.9 Å². The van der Waals surface area contributed by atoms with Crippen molar-refractivity contribution in [3.05, 3.63) is 129 Å². The number of aromatic nitrogens is 2. The SMILES string of the molecule is CCC(c1nc2ccccc2c(=O)n1-c1ccc(Br)cc1)N(Cc1ccco1)C(=O)c1cccc(F)c1. The number of benzene rings is 3. The average Bonchev–Trinajstić information content (AvgIpc) is 3.42. The number of halogens is 2. The highest BCUT2D eigenvalue weighted by molar-refractivity contribution is 9.10. The van der Waals surface area contributed by atoms with E-state index in [1.54, 1.807) is 45.9 Å². The second kappa shape index (κ2) is 10.5. The maximum absolute atomic E-state index is 14.1. The lowest BCUT2D eigenvalue weighted by Crippen LogP contribution is -2.38. The lowest BCUT2D eigenvalue weighted by molar-refractivity contribution is 0.0623. The molecule has 5 rings (SSSR count). The highest BCUT2D eigenvalue weighted by atomic mass is 79.9. The van der Waals surface area contributed by atoms with Gasteiger partial charge in [-0.25, -0.2) is 9.37 Å². The molecule has 1 amide bonds. The zero-order valence-electron chi connectivity index (χ0n) is 20.0. The van der Waals surface area contributed by atoms with Gasteiger partial charge in [-0.2, -0.15) is 0 Å². The Bertz CT molecular complexity index is 1610. The molecule has 6 nitrogen and oxygen atoms in total. The fraction of sp³-hybridized carbons (Fsp3) is 0.138. The number of amides is 1. The van der Waals surface area contributed by atoms with Crippen LogP contribution in [0.1, 0.15) is 41.3 Å². The van der Waals surface area contributed by atoms with Crippen LogP contribution in [0.4, 0.5) is 4.39 Å². The number of hydrogen-bond donors (Lipinski definition) is 0. The summed E-state index contributed by atoms with van der Waals surface area (Å²) in [6, 6.07) is 22.9. The third-order valence-electron chi connectivity index (χ3n) is 6.19. The third kappa shape index (κ3) is 4.97. The Balaban J connectivity index is 1.73. The minimum absolute atomic E-state index is 0.115. The van der Waals surface area contributed by atoms with E-state index in [9.17, 15) is 14.0 Å². The van der Waals surface area contributed by atoms with Crippen LogP contribution in [0, 0.1) is 5.82 Å². The molecule has 0 radical (unpaired) electrons. The van der Waals surface area contributed by atoms with Crippen LogP contribution in [0.3, 0.4) is 0 Å². The van der Waals surface area contributed by atoms with Gasteiger partial charge < -0.3 is 9.32 Å². The maximum atomic E-state index is 14.1. The van der Waals surface area contributed by atoms with Crippen molar-refractivity contribution >= 4 is 32.7 Å². The number of para-hydroxylation sites is 1. The summed E-state index contributed by atoms with van der Waals surface area (Å²) in [6.45, 7) is 2.04. The summed E-state index contributed by atoms with van der Waals surface area (Å²) in [5, 5.41) is 0.470. The van der Waals surface area contributed by atoms with Gasteiger partial charge in [-0.1, -0.05) is 41.1 Å². The quantitative estimate of drug-likeness (QED) is 0.223. The van der Waals surface area contributed by atoms with Crippen LogP contribution in [0.15, 0.2) is 105 Å². The predicted octanol–water partition coefficient (Wildman–Crippen LogP) is 6.67. The number of carbonyl (C=O) groups is 1. The molecule has 5 aromatic rings. The van der Waals surface area contributed by atoms with Gasteiger partial charge in [0.1, 0.15) is 17.4 Å². The molecule has 0 saturated heterocycles. The summed E-state index contributed by atoms with van der Waals surface area (Å²) < 4.78 is 22.1. The van der Waals surface area contributed by atoms with E-state index in [1.807, 2.05) is 37.3 Å². The fourth-order valence-corrected chi connectivity index (χ4v) is 4.70. The molecular formula is C29H23BrFN3O3. The summed E-state index contributed by atoms with van der Waals surface area (Å²) in [7, 11) is 0. The molecule has 1 atom stereocenters. The summed E-state index contributed by atoms with van der Waals surface area (Å²) in [6.07, 6.45) is 1.98. The highest BCUT2D eigenvalue weighted by Crippen LogP contribution is 2.29. The standard InChI is InChI=1S/C29H23BrFN3O3/c1-2-26(33(18-23-9-6-16-37-23)28(35)19-7-5-8-21(31)17-19)27-32-25-11-4-3-10-24(25)29(36)34(27)22-14-12-20(30)13-15-22/h3-17,26H,2,18H2,1H3. The first-order chi connectivity index (χ1) is 18.0. The second-order valence-corrected chi connectivity index (χ2v) is 9.47. The number of fused-ring (bicyclic) bond motifs is 1. The van der Waals surface area contributed by atoms with Gasteiger partial charge in [-0.15, -0.1) is 0 Å². The fourth-order valence-electron chi connectivity index (χ4n) is 4.44. The van der Waals surface area contributed by atoms with E-state index in [0.29, 0.717) is 34.6 Å². The lowest BCUT2D eigenvalue weighted by atomic mass is 10.1. The molecule has 0 N–H and O–H groups in total. The number of hydrogen-bond acceptors (Lipinski definition) is 4. The van der Waals surface area contributed by atoms with Gasteiger partial charge in [0.25, 0.3) is 11.5 Å². The smallest absolute Gasteiger partial charge is 0.266 e. The minimum Gasteiger partial charge on any atom is -0.467 e. The molecule has 0 fully saturated rings. The average molecular weight is 560 g/mol. The lowest BCUT2D eigenvalue weighted by Gasteiger charge is -2.32. The van der Waals surface area contributed by atoms with Crippen LogP contribution >= 0.6 is 15.9 Å². The number of carbonyl (C=O) groups excluding carboxylic acids is 1. The topological polar surface area (TPSA) is 68.3 Å². The van der Waals surface area contributed by atoms with Crippen molar-refractivity contribution in [2.75, 3.05) is 0 Å². The summed E-state index contributed by atoms with van der Waals surface area (Å²) in [5.74, 6) is 0.0614. The first-order valence-electron chi connectivity index (χ1n) is 11.8. The monoisotopic (exact) mass is 559 g/mol. The van der Waals surface area contributed by atoms with Gasteiger partial charge in [0.15, 0.2) is 0 Å². The Morgan fingerprint density at radius 2 is 1.84 bits per heavy atom. The molecule has 2 heterocycles. The summed E-state index contributed by atoms with van der Waals surface area (Å²) >= 11 is 3.45. The molecule has 0 aliphatic carbocycles. The molecule has 1 unspecified atom stereocenters. The molecule has 3 aromatic carbocycles. The first kappa shape index (κ1) is 24.6. The van der Waals surface area contributed by atoms with Gasteiger partial charge in [0.05, 0.1) is 35.4 Å². The second-order valence-electron chi connectivity index (χ2n) is 8.55.